The first kappa shape index (κ1) is 14.3. The lowest BCUT2D eigenvalue weighted by atomic mass is 10.3. The Morgan fingerprint density at radius 1 is 1.53 bits per heavy atom. The molecule has 1 fully saturated rings. The van der Waals surface area contributed by atoms with Gasteiger partial charge in [-0.25, -0.2) is 0 Å². The minimum Gasteiger partial charge on any atom is -0.353 e. The second kappa shape index (κ2) is 6.39. The second-order valence-corrected chi connectivity index (χ2v) is 5.47. The minimum absolute atomic E-state index is 0.165. The minimum atomic E-state index is 0.165. The predicted octanol–water partition coefficient (Wildman–Crippen LogP) is 1.53. The van der Waals surface area contributed by atoms with E-state index in [1.54, 1.807) is 4.68 Å². The summed E-state index contributed by atoms with van der Waals surface area (Å²) in [6.07, 6.45) is 3.71. The van der Waals surface area contributed by atoms with Gasteiger partial charge in [0.25, 0.3) is 0 Å². The highest BCUT2D eigenvalue weighted by atomic mass is 35.5. The van der Waals surface area contributed by atoms with E-state index in [2.05, 4.69) is 15.7 Å². The fourth-order valence-corrected chi connectivity index (χ4v) is 2.21. The highest BCUT2D eigenvalue weighted by molar-refractivity contribution is 6.31. The van der Waals surface area contributed by atoms with E-state index in [0.29, 0.717) is 19.0 Å². The van der Waals surface area contributed by atoms with Crippen molar-refractivity contribution in [1.29, 1.82) is 0 Å². The number of hydrogen-bond acceptors (Lipinski definition) is 3. The molecule has 1 aliphatic rings. The van der Waals surface area contributed by atoms with Gasteiger partial charge in [0.1, 0.15) is 0 Å². The fourth-order valence-electron chi connectivity index (χ4n) is 1.98. The zero-order valence-electron chi connectivity index (χ0n) is 11.5. The highest BCUT2D eigenvalue weighted by Gasteiger charge is 2.22. The molecule has 1 heterocycles. The molecule has 0 bridgehead atoms. The SMILES string of the molecule is Cc1nn(C)c(CNCCCC(=O)NC2CC2)c1Cl. The van der Waals surface area contributed by atoms with Crippen molar-refractivity contribution in [1.82, 2.24) is 20.4 Å². The van der Waals surface area contributed by atoms with Gasteiger partial charge >= 0.3 is 0 Å². The Hall–Kier alpha value is -1.07. The van der Waals surface area contributed by atoms with E-state index in [1.165, 1.54) is 0 Å². The first-order valence-electron chi connectivity index (χ1n) is 6.76. The number of aromatic nitrogens is 2. The quantitative estimate of drug-likeness (QED) is 0.747. The molecule has 2 rings (SSSR count). The molecule has 19 heavy (non-hydrogen) atoms. The third-order valence-electron chi connectivity index (χ3n) is 3.25. The number of aryl methyl sites for hydroxylation is 2. The molecule has 1 aromatic rings. The van der Waals surface area contributed by atoms with Crippen molar-refractivity contribution in [2.45, 2.75) is 45.2 Å². The summed E-state index contributed by atoms with van der Waals surface area (Å²) >= 11 is 6.15. The number of carbonyl (C=O) groups is 1. The van der Waals surface area contributed by atoms with Crippen LogP contribution in [0.2, 0.25) is 5.02 Å². The van der Waals surface area contributed by atoms with Crippen LogP contribution in [-0.4, -0.2) is 28.3 Å². The maximum atomic E-state index is 11.5. The maximum Gasteiger partial charge on any atom is 0.220 e. The van der Waals surface area contributed by atoms with Crippen molar-refractivity contribution in [3.63, 3.8) is 0 Å². The van der Waals surface area contributed by atoms with Crippen LogP contribution < -0.4 is 10.6 Å². The van der Waals surface area contributed by atoms with Gasteiger partial charge in [0.15, 0.2) is 0 Å². The van der Waals surface area contributed by atoms with Gasteiger partial charge in [-0.3, -0.25) is 9.48 Å². The standard InChI is InChI=1S/C13H21ClN4O/c1-9-13(14)11(18(2)17-9)8-15-7-3-4-12(19)16-10-5-6-10/h10,15H,3-8H2,1-2H3,(H,16,19). The Bertz CT molecular complexity index is 454. The van der Waals surface area contributed by atoms with Gasteiger partial charge < -0.3 is 10.6 Å². The maximum absolute atomic E-state index is 11.5. The zero-order chi connectivity index (χ0) is 13.8. The van der Waals surface area contributed by atoms with Gasteiger partial charge in [-0.2, -0.15) is 5.10 Å². The van der Waals surface area contributed by atoms with Crippen LogP contribution in [0.1, 0.15) is 37.1 Å². The van der Waals surface area contributed by atoms with Crippen molar-refractivity contribution >= 4 is 17.5 Å². The summed E-state index contributed by atoms with van der Waals surface area (Å²) in [5, 5.41) is 11.3. The van der Waals surface area contributed by atoms with Crippen LogP contribution in [0.5, 0.6) is 0 Å². The van der Waals surface area contributed by atoms with E-state index in [0.717, 1.165) is 42.2 Å². The molecule has 0 spiro atoms. The van der Waals surface area contributed by atoms with Crippen LogP contribution in [0.4, 0.5) is 0 Å². The molecule has 6 heteroatoms. The fraction of sp³-hybridized carbons (Fsp3) is 0.692. The number of carbonyl (C=O) groups excluding carboxylic acids is 1. The average molecular weight is 285 g/mol. The van der Waals surface area contributed by atoms with E-state index in [9.17, 15) is 4.79 Å². The molecule has 0 radical (unpaired) electrons. The normalized spacial score (nSPS) is 14.7. The number of nitrogens with one attached hydrogen (secondary N) is 2. The van der Waals surface area contributed by atoms with E-state index >= 15 is 0 Å². The van der Waals surface area contributed by atoms with Crippen LogP contribution in [0, 0.1) is 6.92 Å². The molecule has 5 nitrogen and oxygen atoms in total. The number of hydrogen-bond donors (Lipinski definition) is 2. The molecule has 1 saturated carbocycles. The monoisotopic (exact) mass is 284 g/mol. The molecule has 1 amide bonds. The Labute approximate surface area is 118 Å². The smallest absolute Gasteiger partial charge is 0.220 e. The topological polar surface area (TPSA) is 59.0 Å². The summed E-state index contributed by atoms with van der Waals surface area (Å²) in [4.78, 5) is 11.5. The molecule has 0 unspecified atom stereocenters. The van der Waals surface area contributed by atoms with Crippen LogP contribution in [0.25, 0.3) is 0 Å². The third kappa shape index (κ3) is 4.21. The van der Waals surface area contributed by atoms with E-state index in [-0.39, 0.29) is 5.91 Å². The lowest BCUT2D eigenvalue weighted by Gasteiger charge is -2.06. The van der Waals surface area contributed by atoms with Gasteiger partial charge in [0.05, 0.1) is 16.4 Å². The van der Waals surface area contributed by atoms with Gasteiger partial charge in [-0.15, -0.1) is 0 Å². The molecule has 2 N–H and O–H groups in total. The number of nitrogens with zero attached hydrogens (tertiary/aromatic N) is 2. The lowest BCUT2D eigenvalue weighted by molar-refractivity contribution is -0.121. The van der Waals surface area contributed by atoms with Gasteiger partial charge in [0.2, 0.25) is 5.91 Å². The van der Waals surface area contributed by atoms with E-state index in [4.69, 9.17) is 11.6 Å². The summed E-state index contributed by atoms with van der Waals surface area (Å²) in [5.74, 6) is 0.165. The molecule has 0 aliphatic heterocycles. The molecule has 106 valence electrons. The Morgan fingerprint density at radius 2 is 2.26 bits per heavy atom. The molecule has 0 atom stereocenters. The Morgan fingerprint density at radius 3 is 2.84 bits per heavy atom. The molecular weight excluding hydrogens is 264 g/mol. The first-order valence-corrected chi connectivity index (χ1v) is 7.13. The number of amides is 1. The Kier molecular flexibility index (Phi) is 4.82. The summed E-state index contributed by atoms with van der Waals surface area (Å²) in [5.41, 5.74) is 1.84. The van der Waals surface area contributed by atoms with E-state index < -0.39 is 0 Å². The Balaban J connectivity index is 1.62. The summed E-state index contributed by atoms with van der Waals surface area (Å²) in [7, 11) is 1.89. The molecule has 1 aromatic heterocycles. The first-order chi connectivity index (χ1) is 9.08. The van der Waals surface area contributed by atoms with Crippen molar-refractivity contribution in [3.05, 3.63) is 16.4 Å². The van der Waals surface area contributed by atoms with Gasteiger partial charge in [0, 0.05) is 26.1 Å². The van der Waals surface area contributed by atoms with Crippen LogP contribution in [0.3, 0.4) is 0 Å². The largest absolute Gasteiger partial charge is 0.353 e. The van der Waals surface area contributed by atoms with Crippen LogP contribution in [0.15, 0.2) is 0 Å². The van der Waals surface area contributed by atoms with Gasteiger partial charge in [-0.05, 0) is 32.7 Å². The number of rotatable bonds is 7. The predicted molar refractivity (Wildman–Crippen MR) is 75.1 cm³/mol. The summed E-state index contributed by atoms with van der Waals surface area (Å²) in [6, 6.07) is 0.455. The summed E-state index contributed by atoms with van der Waals surface area (Å²) < 4.78 is 1.80. The zero-order valence-corrected chi connectivity index (χ0v) is 12.3. The van der Waals surface area contributed by atoms with Crippen molar-refractivity contribution in [2.75, 3.05) is 6.54 Å². The third-order valence-corrected chi connectivity index (χ3v) is 3.75. The van der Waals surface area contributed by atoms with Crippen molar-refractivity contribution in [3.8, 4) is 0 Å². The highest BCUT2D eigenvalue weighted by Crippen LogP contribution is 2.19. The van der Waals surface area contributed by atoms with Crippen LogP contribution >= 0.6 is 11.6 Å². The molecule has 1 aliphatic carbocycles. The summed E-state index contributed by atoms with van der Waals surface area (Å²) in [6.45, 7) is 3.38. The van der Waals surface area contributed by atoms with Gasteiger partial charge in [-0.1, -0.05) is 11.6 Å². The van der Waals surface area contributed by atoms with E-state index in [1.807, 2.05) is 14.0 Å². The van der Waals surface area contributed by atoms with Crippen molar-refractivity contribution in [2.24, 2.45) is 7.05 Å². The molecule has 0 aromatic carbocycles. The second-order valence-electron chi connectivity index (χ2n) is 5.09. The number of halogens is 1. The van der Waals surface area contributed by atoms with Crippen LogP contribution in [-0.2, 0) is 18.4 Å². The van der Waals surface area contributed by atoms with Crippen molar-refractivity contribution < 1.29 is 4.79 Å². The molecule has 0 saturated heterocycles. The lowest BCUT2D eigenvalue weighted by Crippen LogP contribution is -2.26. The molecular formula is C13H21ClN4O. The average Bonchev–Trinajstić information content (AvgIpc) is 3.12.